The van der Waals surface area contributed by atoms with E-state index in [0.29, 0.717) is 29.7 Å². The first-order valence-corrected chi connectivity index (χ1v) is 16.8. The smallest absolute Gasteiger partial charge is 0.247 e. The van der Waals surface area contributed by atoms with Gasteiger partial charge in [-0.05, 0) is 98.9 Å². The molecule has 3 heterocycles. The molecule has 1 saturated carbocycles. The van der Waals surface area contributed by atoms with Crippen LogP contribution in [0.15, 0.2) is 79.0 Å². The van der Waals surface area contributed by atoms with Crippen molar-refractivity contribution < 1.29 is 27.8 Å². The molecule has 258 valence electrons. The van der Waals surface area contributed by atoms with Gasteiger partial charge in [-0.1, -0.05) is 18.6 Å². The summed E-state index contributed by atoms with van der Waals surface area (Å²) in [6.45, 7) is 3.37. The van der Waals surface area contributed by atoms with Crippen LogP contribution in [0.25, 0.3) is 11.0 Å². The molecule has 1 aliphatic carbocycles. The number of carbonyl (C=O) groups is 2. The Bertz CT molecular complexity index is 2020. The molecule has 0 radical (unpaired) electrons. The van der Waals surface area contributed by atoms with Crippen molar-refractivity contribution in [3.8, 4) is 17.2 Å². The fourth-order valence-corrected chi connectivity index (χ4v) is 6.57. The van der Waals surface area contributed by atoms with E-state index in [4.69, 9.17) is 20.3 Å². The molecule has 2 aromatic heterocycles. The van der Waals surface area contributed by atoms with Gasteiger partial charge in [-0.3, -0.25) is 14.5 Å². The molecule has 2 amide bonds. The van der Waals surface area contributed by atoms with E-state index in [9.17, 15) is 14.0 Å². The van der Waals surface area contributed by atoms with Gasteiger partial charge >= 0.3 is 0 Å². The molecule has 10 nitrogen and oxygen atoms in total. The second-order valence-electron chi connectivity index (χ2n) is 12.9. The zero-order chi connectivity index (χ0) is 34.8. The van der Waals surface area contributed by atoms with E-state index < -0.39 is 28.9 Å². The summed E-state index contributed by atoms with van der Waals surface area (Å²) in [7, 11) is 1.63. The molecule has 12 heteroatoms. The van der Waals surface area contributed by atoms with Gasteiger partial charge in [-0.15, -0.1) is 0 Å². The number of nitrogens with two attached hydrogens (primary N) is 1. The average Bonchev–Trinajstić information content (AvgIpc) is 3.88. The van der Waals surface area contributed by atoms with Gasteiger partial charge in [0.25, 0.3) is 0 Å². The zero-order valence-corrected chi connectivity index (χ0v) is 27.8. The molecule has 50 heavy (non-hydrogen) atoms. The predicted octanol–water partition coefficient (Wildman–Crippen LogP) is 6.52. The molecule has 0 atom stereocenters. The van der Waals surface area contributed by atoms with Crippen molar-refractivity contribution in [1.29, 1.82) is 0 Å². The van der Waals surface area contributed by atoms with Gasteiger partial charge in [-0.25, -0.2) is 18.4 Å². The quantitative estimate of drug-likeness (QED) is 0.149. The summed E-state index contributed by atoms with van der Waals surface area (Å²) < 4.78 is 43.2. The van der Waals surface area contributed by atoms with E-state index in [-0.39, 0.29) is 30.0 Å². The molecule has 1 saturated heterocycles. The van der Waals surface area contributed by atoms with Crippen LogP contribution in [0.3, 0.4) is 0 Å². The third-order valence-electron chi connectivity index (χ3n) is 9.58. The Hall–Kier alpha value is -5.36. The molecule has 0 bridgehead atoms. The Kier molecular flexibility index (Phi) is 9.20. The molecule has 2 aliphatic rings. The monoisotopic (exact) mass is 680 g/mol. The van der Waals surface area contributed by atoms with Crippen molar-refractivity contribution in [3.63, 3.8) is 0 Å². The molecule has 2 N–H and O–H groups in total. The van der Waals surface area contributed by atoms with E-state index in [1.165, 1.54) is 60.6 Å². The Morgan fingerprint density at radius 2 is 1.64 bits per heavy atom. The summed E-state index contributed by atoms with van der Waals surface area (Å²) >= 11 is 0. The van der Waals surface area contributed by atoms with Crippen molar-refractivity contribution in [2.45, 2.75) is 45.1 Å². The minimum absolute atomic E-state index is 0.0753. The van der Waals surface area contributed by atoms with Crippen LogP contribution in [0, 0.1) is 17.0 Å². The number of piperidine rings is 1. The predicted molar refractivity (Wildman–Crippen MR) is 185 cm³/mol. The lowest BCUT2D eigenvalue weighted by Gasteiger charge is -2.27. The lowest BCUT2D eigenvalue weighted by atomic mass is 10.0. The number of anilines is 2. The van der Waals surface area contributed by atoms with Gasteiger partial charge in [0, 0.05) is 30.9 Å². The topological polar surface area (TPSA) is 116 Å². The molecule has 1 aliphatic heterocycles. The van der Waals surface area contributed by atoms with Crippen molar-refractivity contribution in [3.05, 3.63) is 102 Å². The minimum Gasteiger partial charge on any atom is -0.497 e. The van der Waals surface area contributed by atoms with Gasteiger partial charge < -0.3 is 20.1 Å². The Morgan fingerprint density at radius 3 is 2.30 bits per heavy atom. The van der Waals surface area contributed by atoms with Crippen LogP contribution in [0.5, 0.6) is 17.2 Å². The first-order valence-electron chi connectivity index (χ1n) is 16.8. The van der Waals surface area contributed by atoms with Gasteiger partial charge in [0.2, 0.25) is 11.8 Å². The van der Waals surface area contributed by atoms with E-state index in [1.807, 2.05) is 28.9 Å². The molecular formula is C38H38F2N6O4. The Balaban J connectivity index is 1.22. The second kappa shape index (κ2) is 13.9. The summed E-state index contributed by atoms with van der Waals surface area (Å²) in [5.41, 5.74) is 7.06. The first-order chi connectivity index (χ1) is 24.3. The highest BCUT2D eigenvalue weighted by Crippen LogP contribution is 2.49. The third-order valence-corrected chi connectivity index (χ3v) is 9.58. The summed E-state index contributed by atoms with van der Waals surface area (Å²) in [6.07, 6.45) is 6.42. The van der Waals surface area contributed by atoms with Crippen LogP contribution < -0.4 is 20.1 Å². The number of halogens is 2. The first kappa shape index (κ1) is 33.2. The Morgan fingerprint density at radius 1 is 0.920 bits per heavy atom. The number of rotatable bonds is 12. The number of benzene rings is 3. The highest BCUT2D eigenvalue weighted by atomic mass is 19.1. The van der Waals surface area contributed by atoms with Crippen molar-refractivity contribution in [1.82, 2.24) is 19.7 Å². The summed E-state index contributed by atoms with van der Waals surface area (Å²) in [6, 6.07) is 18.7. The lowest BCUT2D eigenvalue weighted by Crippen LogP contribution is -2.41. The molecule has 2 fully saturated rings. The number of amides is 2. The number of pyridine rings is 1. The molecule has 5 aromatic rings. The highest BCUT2D eigenvalue weighted by Gasteiger charge is 2.57. The lowest BCUT2D eigenvalue weighted by molar-refractivity contribution is -0.133. The van der Waals surface area contributed by atoms with Crippen molar-refractivity contribution in [2.75, 3.05) is 31.6 Å². The normalized spacial score (nSPS) is 15.5. The largest absolute Gasteiger partial charge is 0.497 e. The van der Waals surface area contributed by atoms with Crippen molar-refractivity contribution in [2.24, 2.45) is 11.1 Å². The van der Waals surface area contributed by atoms with Crippen LogP contribution in [-0.4, -0.2) is 58.2 Å². The number of ether oxygens (including phenoxy) is 2. The van der Waals surface area contributed by atoms with Gasteiger partial charge in [-0.2, -0.15) is 5.10 Å². The number of aromatic nitrogens is 3. The number of carbonyl (C=O) groups excluding carboxylic acids is 2. The van der Waals surface area contributed by atoms with Crippen LogP contribution in [0.1, 0.15) is 43.4 Å². The standard InChI is InChI=1S/C38H38F2N6O4/c1-49-29-12-5-25(6-13-29)24-45-35-34(31(43-45)16-22-44-20-3-2-4-21-44)33(15-19-42-35)50-32-14-11-28(23-30(32)40)46(27-9-7-26(39)8-10-27)37(48)38(17-18-38)36(41)47/h5-15,19,23H,2-4,16-18,20-22,24H2,1H3,(H2,41,47). The molecule has 0 spiro atoms. The van der Waals surface area contributed by atoms with Crippen LogP contribution in [0.4, 0.5) is 20.2 Å². The number of fused-ring (bicyclic) bond motifs is 1. The minimum atomic E-state index is -1.39. The van der Waals surface area contributed by atoms with Gasteiger partial charge in [0.15, 0.2) is 17.2 Å². The maximum atomic E-state index is 16.0. The fraction of sp³-hybridized carbons (Fsp3) is 0.316. The Labute approximate surface area is 288 Å². The third kappa shape index (κ3) is 6.62. The number of methoxy groups -OCH3 is 1. The summed E-state index contributed by atoms with van der Waals surface area (Å²) in [5.74, 6) is -1.51. The number of primary amides is 1. The van der Waals surface area contributed by atoms with Gasteiger partial charge in [0.1, 0.15) is 22.7 Å². The SMILES string of the molecule is COc1ccc(Cn2nc(CCN3CCCCC3)c3c(Oc4ccc(N(C(=O)C5(C(N)=O)CC5)c5ccc(F)cc5)cc4F)ccnc32)cc1. The average molecular weight is 681 g/mol. The second-order valence-corrected chi connectivity index (χ2v) is 12.9. The molecule has 7 rings (SSSR count). The molecule has 0 unspecified atom stereocenters. The molecular weight excluding hydrogens is 642 g/mol. The zero-order valence-electron chi connectivity index (χ0n) is 27.8. The van der Waals surface area contributed by atoms with E-state index >= 15 is 4.39 Å². The van der Waals surface area contributed by atoms with E-state index in [1.54, 1.807) is 19.4 Å². The number of hydrogen-bond donors (Lipinski definition) is 1. The van der Waals surface area contributed by atoms with E-state index in [0.717, 1.165) is 42.7 Å². The van der Waals surface area contributed by atoms with Crippen molar-refractivity contribution >= 4 is 34.2 Å². The van der Waals surface area contributed by atoms with Gasteiger partial charge in [0.05, 0.1) is 30.4 Å². The number of hydrogen-bond acceptors (Lipinski definition) is 7. The fourth-order valence-electron chi connectivity index (χ4n) is 6.57. The number of nitrogens with zero attached hydrogens (tertiary/aromatic N) is 5. The highest BCUT2D eigenvalue weighted by molar-refractivity contribution is 6.16. The maximum Gasteiger partial charge on any atom is 0.247 e. The molecule has 3 aromatic carbocycles. The summed E-state index contributed by atoms with van der Waals surface area (Å²) in [5, 5.41) is 5.69. The maximum absolute atomic E-state index is 16.0. The summed E-state index contributed by atoms with van der Waals surface area (Å²) in [4.78, 5) is 34.3. The number of likely N-dealkylation sites (tertiary alicyclic amines) is 1. The van der Waals surface area contributed by atoms with Crippen LogP contribution >= 0.6 is 0 Å². The van der Waals surface area contributed by atoms with E-state index in [2.05, 4.69) is 9.88 Å². The van der Waals surface area contributed by atoms with Crippen LogP contribution in [-0.2, 0) is 22.6 Å². The van der Waals surface area contributed by atoms with Crippen LogP contribution in [0.2, 0.25) is 0 Å².